The summed E-state index contributed by atoms with van der Waals surface area (Å²) in [6.45, 7) is 2.11. The lowest BCUT2D eigenvalue weighted by molar-refractivity contribution is 0.172. The van der Waals surface area contributed by atoms with Crippen molar-refractivity contribution in [3.63, 3.8) is 0 Å². The van der Waals surface area contributed by atoms with Crippen LogP contribution in [-0.4, -0.2) is 10.5 Å². The fourth-order valence-corrected chi connectivity index (χ4v) is 3.31. The Morgan fingerprint density at radius 1 is 0.682 bits per heavy atom. The lowest BCUT2D eigenvalue weighted by Crippen LogP contribution is -2.32. The molecule has 0 atom stereocenters. The summed E-state index contributed by atoms with van der Waals surface area (Å²) in [4.78, 5) is 0. The zero-order chi connectivity index (χ0) is 15.4. The van der Waals surface area contributed by atoms with Crippen LogP contribution in [0.4, 0.5) is 0 Å². The van der Waals surface area contributed by atoms with E-state index in [1.165, 1.54) is 5.56 Å². The smallest absolute Gasteiger partial charge is 0.248 e. The van der Waals surface area contributed by atoms with Crippen LogP contribution in [0.2, 0.25) is 0 Å². The van der Waals surface area contributed by atoms with E-state index in [2.05, 4.69) is 53.8 Å². The molecule has 0 fully saturated rings. The Morgan fingerprint density at radius 2 is 1.14 bits per heavy atom. The van der Waals surface area contributed by atoms with Gasteiger partial charge in [-0.1, -0.05) is 84.9 Å². The first kappa shape index (κ1) is 14.8. The topological polar surface area (TPSA) is 9.23 Å². The van der Waals surface area contributed by atoms with Crippen LogP contribution < -0.4 is 0 Å². The molecule has 2 heteroatoms. The second kappa shape index (κ2) is 6.30. The molecule has 0 aromatic heterocycles. The number of rotatable bonds is 4. The molecule has 3 aromatic carbocycles. The van der Waals surface area contributed by atoms with E-state index < -0.39 is 5.60 Å². The highest BCUT2D eigenvalue weighted by molar-refractivity contribution is 5.99. The van der Waals surface area contributed by atoms with E-state index in [9.17, 15) is 0 Å². The van der Waals surface area contributed by atoms with Gasteiger partial charge in [-0.3, -0.25) is 0 Å². The summed E-state index contributed by atoms with van der Waals surface area (Å²) in [6, 6.07) is 28.9. The highest BCUT2D eigenvalue weighted by Crippen LogP contribution is 2.40. The normalized spacial score (nSPS) is 11.4. The predicted molar refractivity (Wildman–Crippen MR) is 90.8 cm³/mol. The van der Waals surface area contributed by atoms with Gasteiger partial charge in [0.05, 0.1) is 0 Å². The lowest BCUT2D eigenvalue weighted by Gasteiger charge is -2.36. The molecule has 0 aliphatic carbocycles. The van der Waals surface area contributed by atoms with Crippen molar-refractivity contribution < 1.29 is 4.43 Å². The molecular weight excluding hydrogens is 284 g/mol. The Hall–Kier alpha value is -2.16. The largest absolute Gasteiger partial charge is 0.401 e. The van der Waals surface area contributed by atoms with Crippen molar-refractivity contribution in [2.45, 2.75) is 12.5 Å². The summed E-state index contributed by atoms with van der Waals surface area (Å²) >= 11 is 0. The van der Waals surface area contributed by atoms with Crippen molar-refractivity contribution >= 4 is 10.5 Å². The maximum absolute atomic E-state index is 5.98. The quantitative estimate of drug-likeness (QED) is 0.513. The minimum absolute atomic E-state index is 0.676. The second-order valence-electron chi connectivity index (χ2n) is 5.33. The van der Waals surface area contributed by atoms with E-state index in [1.807, 2.05) is 48.5 Å². The molecule has 0 spiro atoms. The number of aryl methyl sites for hydroxylation is 1. The van der Waals surface area contributed by atoms with Crippen molar-refractivity contribution in [1.82, 2.24) is 0 Å². The van der Waals surface area contributed by atoms with Crippen molar-refractivity contribution in [1.29, 1.82) is 0 Å². The molecule has 0 heterocycles. The molecule has 3 radical (unpaired) electrons. The molecule has 3 rings (SSSR count). The third-order valence-electron chi connectivity index (χ3n) is 4.04. The Morgan fingerprint density at radius 3 is 1.59 bits per heavy atom. The average molecular weight is 301 g/mol. The van der Waals surface area contributed by atoms with E-state index in [4.69, 9.17) is 4.43 Å². The Labute approximate surface area is 135 Å². The van der Waals surface area contributed by atoms with Gasteiger partial charge in [0.2, 0.25) is 10.5 Å². The summed E-state index contributed by atoms with van der Waals surface area (Å²) in [5.41, 5.74) is 3.82. The van der Waals surface area contributed by atoms with Crippen LogP contribution in [-0.2, 0) is 10.0 Å². The summed E-state index contributed by atoms with van der Waals surface area (Å²) in [6.07, 6.45) is 0. The van der Waals surface area contributed by atoms with Crippen LogP contribution in [0.15, 0.2) is 84.9 Å². The van der Waals surface area contributed by atoms with Crippen LogP contribution in [0.5, 0.6) is 0 Å². The fraction of sp³-hybridized carbons (Fsp3) is 0.100. The van der Waals surface area contributed by atoms with Gasteiger partial charge in [-0.05, 0) is 29.2 Å². The Bertz CT molecular complexity index is 698. The van der Waals surface area contributed by atoms with Crippen molar-refractivity contribution in [3.05, 3.63) is 107 Å². The molecule has 0 unspecified atom stereocenters. The standard InChI is InChI=1S/C20H17OSi/c1-16-10-8-9-15-19(16)20(21-22,17-11-4-2-5-12-17)18-13-6-3-7-14-18/h2-15H,1H3. The van der Waals surface area contributed by atoms with Gasteiger partial charge in [-0.25, -0.2) is 0 Å². The van der Waals surface area contributed by atoms with Gasteiger partial charge < -0.3 is 4.43 Å². The second-order valence-corrected chi connectivity index (χ2v) is 5.53. The van der Waals surface area contributed by atoms with Gasteiger partial charge in [0.25, 0.3) is 0 Å². The number of hydrogen-bond donors (Lipinski definition) is 0. The summed E-state index contributed by atoms with van der Waals surface area (Å²) in [5.74, 6) is 0. The lowest BCUT2D eigenvalue weighted by atomic mass is 9.78. The fourth-order valence-electron chi connectivity index (χ4n) is 2.96. The molecule has 1 nitrogen and oxygen atoms in total. The van der Waals surface area contributed by atoms with Gasteiger partial charge >= 0.3 is 0 Å². The predicted octanol–water partition coefficient (Wildman–Crippen LogP) is 4.39. The van der Waals surface area contributed by atoms with Gasteiger partial charge in [0.15, 0.2) is 0 Å². The van der Waals surface area contributed by atoms with Gasteiger partial charge in [-0.2, -0.15) is 0 Å². The number of benzene rings is 3. The first-order valence-electron chi connectivity index (χ1n) is 7.31. The van der Waals surface area contributed by atoms with E-state index >= 15 is 0 Å². The minimum atomic E-state index is -0.676. The maximum atomic E-state index is 5.98. The third kappa shape index (κ3) is 2.41. The molecule has 0 aliphatic heterocycles. The van der Waals surface area contributed by atoms with Gasteiger partial charge in [0, 0.05) is 0 Å². The molecule has 3 aromatic rings. The Balaban J connectivity index is 2.34. The van der Waals surface area contributed by atoms with Crippen LogP contribution >= 0.6 is 0 Å². The first-order chi connectivity index (χ1) is 10.8. The van der Waals surface area contributed by atoms with Gasteiger partial charge in [-0.15, -0.1) is 0 Å². The highest BCUT2D eigenvalue weighted by Gasteiger charge is 2.36. The zero-order valence-corrected chi connectivity index (χ0v) is 13.5. The van der Waals surface area contributed by atoms with Crippen molar-refractivity contribution in [3.8, 4) is 0 Å². The average Bonchev–Trinajstić information content (AvgIpc) is 2.59. The molecule has 0 saturated heterocycles. The van der Waals surface area contributed by atoms with Crippen molar-refractivity contribution in [2.75, 3.05) is 0 Å². The maximum Gasteiger partial charge on any atom is 0.248 e. The minimum Gasteiger partial charge on any atom is -0.401 e. The van der Waals surface area contributed by atoms with E-state index in [0.717, 1.165) is 16.7 Å². The zero-order valence-electron chi connectivity index (χ0n) is 12.5. The molecule has 0 amide bonds. The summed E-state index contributed by atoms with van der Waals surface area (Å²) in [7, 11) is 3.37. The molecule has 22 heavy (non-hydrogen) atoms. The van der Waals surface area contributed by atoms with Gasteiger partial charge in [0.1, 0.15) is 5.60 Å². The molecule has 0 aliphatic rings. The van der Waals surface area contributed by atoms with E-state index in [0.29, 0.717) is 0 Å². The Kier molecular flexibility index (Phi) is 4.23. The molecular formula is C20H17OSi. The van der Waals surface area contributed by atoms with Crippen LogP contribution in [0.3, 0.4) is 0 Å². The monoisotopic (exact) mass is 301 g/mol. The van der Waals surface area contributed by atoms with E-state index in [1.54, 1.807) is 0 Å². The molecule has 0 bridgehead atoms. The molecule has 0 N–H and O–H groups in total. The van der Waals surface area contributed by atoms with Crippen LogP contribution in [0, 0.1) is 6.92 Å². The number of hydrogen-bond acceptors (Lipinski definition) is 1. The summed E-state index contributed by atoms with van der Waals surface area (Å²) < 4.78 is 5.98. The third-order valence-corrected chi connectivity index (χ3v) is 4.34. The van der Waals surface area contributed by atoms with E-state index in [-0.39, 0.29) is 0 Å². The van der Waals surface area contributed by atoms with Crippen LogP contribution in [0.25, 0.3) is 0 Å². The first-order valence-corrected chi connectivity index (χ1v) is 7.72. The molecule has 107 valence electrons. The van der Waals surface area contributed by atoms with Crippen LogP contribution in [0.1, 0.15) is 22.3 Å². The highest BCUT2D eigenvalue weighted by atomic mass is 28.2. The molecule has 0 saturated carbocycles. The SMILES string of the molecule is Cc1ccccc1C(O[Si])(c1ccccc1)c1ccccc1. The van der Waals surface area contributed by atoms with Crippen molar-refractivity contribution in [2.24, 2.45) is 0 Å². The summed E-state index contributed by atoms with van der Waals surface area (Å²) in [5, 5.41) is 0.